The fraction of sp³-hybridized carbons (Fsp3) is 0.333. The van der Waals surface area contributed by atoms with Crippen molar-refractivity contribution >= 4 is 35.1 Å². The summed E-state index contributed by atoms with van der Waals surface area (Å²) in [5.74, 6) is -1.71. The molecule has 0 unspecified atom stereocenters. The van der Waals surface area contributed by atoms with Gasteiger partial charge in [0.05, 0.1) is 5.56 Å². The maximum Gasteiger partial charge on any atom is 0.416 e. The van der Waals surface area contributed by atoms with E-state index in [-0.39, 0.29) is 16.9 Å². The van der Waals surface area contributed by atoms with Crippen LogP contribution in [-0.2, 0) is 15.8 Å². The monoisotopic (exact) mass is 488 g/mol. The molecule has 1 heterocycles. The molecule has 3 N–H and O–H groups in total. The average molecular weight is 488 g/mol. The Balaban J connectivity index is 1.39. The molecule has 1 spiro atoms. The summed E-state index contributed by atoms with van der Waals surface area (Å²) in [6.45, 7) is -0.479. The second-order valence-corrected chi connectivity index (χ2v) is 8.63. The van der Waals surface area contributed by atoms with E-state index in [4.69, 9.17) is 0 Å². The number of carbonyl (C=O) groups excluding carboxylic acids is 4. The number of hydrogen-bond donors (Lipinski definition) is 3. The Morgan fingerprint density at radius 3 is 2.29 bits per heavy atom. The van der Waals surface area contributed by atoms with Gasteiger partial charge in [-0.05, 0) is 49.2 Å². The molecule has 1 aliphatic heterocycles. The molecular weight excluding hydrogens is 465 g/mol. The molecule has 0 atom stereocenters. The number of rotatable bonds is 5. The van der Waals surface area contributed by atoms with Gasteiger partial charge in [-0.15, -0.1) is 0 Å². The highest BCUT2D eigenvalue weighted by atomic mass is 19.4. The third-order valence-electron chi connectivity index (χ3n) is 6.11. The normalized spacial score (nSPS) is 17.3. The van der Waals surface area contributed by atoms with Crippen LogP contribution in [0.15, 0.2) is 48.5 Å². The smallest absolute Gasteiger partial charge is 0.325 e. The minimum absolute atomic E-state index is 0.0329. The molecule has 0 aromatic heterocycles. The fourth-order valence-electron chi connectivity index (χ4n) is 4.37. The van der Waals surface area contributed by atoms with E-state index in [1.54, 1.807) is 0 Å². The summed E-state index contributed by atoms with van der Waals surface area (Å²) in [4.78, 5) is 51.1. The van der Waals surface area contributed by atoms with Crippen LogP contribution in [0.5, 0.6) is 0 Å². The second-order valence-electron chi connectivity index (χ2n) is 8.63. The standard InChI is InChI=1S/C24H23F3N4O4/c25-24(26,27)16-7-5-9-18(13-16)29-20(33)15-6-4-8-17(12-15)28-19(32)14-31-21(34)23(30-22(31)35)10-2-1-3-11-23/h4-9,12-13H,1-3,10-11,14H2,(H,28,32)(H,29,33)(H,30,35). The topological polar surface area (TPSA) is 108 Å². The first kappa shape index (κ1) is 24.2. The fourth-order valence-corrected chi connectivity index (χ4v) is 4.37. The second kappa shape index (κ2) is 9.40. The molecule has 2 aliphatic rings. The van der Waals surface area contributed by atoms with Gasteiger partial charge in [-0.25, -0.2) is 4.79 Å². The third kappa shape index (κ3) is 5.28. The minimum Gasteiger partial charge on any atom is -0.325 e. The van der Waals surface area contributed by atoms with E-state index in [1.807, 2.05) is 0 Å². The number of halogens is 3. The highest BCUT2D eigenvalue weighted by Crippen LogP contribution is 2.34. The molecule has 2 fully saturated rings. The number of anilines is 2. The van der Waals surface area contributed by atoms with Gasteiger partial charge in [-0.3, -0.25) is 19.3 Å². The molecule has 1 saturated heterocycles. The highest BCUT2D eigenvalue weighted by Gasteiger charge is 2.51. The lowest BCUT2D eigenvalue weighted by atomic mass is 9.82. The number of amides is 5. The zero-order chi connectivity index (χ0) is 25.2. The van der Waals surface area contributed by atoms with Crippen LogP contribution in [-0.4, -0.2) is 40.7 Å². The van der Waals surface area contributed by atoms with Crippen LogP contribution >= 0.6 is 0 Å². The number of nitrogens with one attached hydrogen (secondary N) is 3. The third-order valence-corrected chi connectivity index (χ3v) is 6.11. The molecule has 5 amide bonds. The van der Waals surface area contributed by atoms with Gasteiger partial charge in [0.2, 0.25) is 5.91 Å². The molecule has 4 rings (SSSR count). The minimum atomic E-state index is -4.55. The van der Waals surface area contributed by atoms with Crippen molar-refractivity contribution in [2.75, 3.05) is 17.2 Å². The van der Waals surface area contributed by atoms with Crippen molar-refractivity contribution in [3.05, 3.63) is 59.7 Å². The highest BCUT2D eigenvalue weighted by molar-refractivity contribution is 6.10. The number of imide groups is 1. The predicted molar refractivity (Wildman–Crippen MR) is 121 cm³/mol. The summed E-state index contributed by atoms with van der Waals surface area (Å²) in [5.41, 5.74) is -1.54. The van der Waals surface area contributed by atoms with E-state index in [0.29, 0.717) is 12.8 Å². The van der Waals surface area contributed by atoms with Crippen molar-refractivity contribution < 1.29 is 32.3 Å². The van der Waals surface area contributed by atoms with Crippen molar-refractivity contribution in [2.24, 2.45) is 0 Å². The van der Waals surface area contributed by atoms with Crippen LogP contribution < -0.4 is 16.0 Å². The largest absolute Gasteiger partial charge is 0.416 e. The molecule has 1 aliphatic carbocycles. The molecule has 0 radical (unpaired) electrons. The molecule has 0 bridgehead atoms. The number of benzene rings is 2. The number of hydrogen-bond acceptors (Lipinski definition) is 4. The van der Waals surface area contributed by atoms with E-state index >= 15 is 0 Å². The van der Waals surface area contributed by atoms with Crippen LogP contribution in [0.4, 0.5) is 29.3 Å². The Kier molecular flexibility index (Phi) is 6.51. The predicted octanol–water partition coefficient (Wildman–Crippen LogP) is 4.15. The number of alkyl halides is 3. The van der Waals surface area contributed by atoms with Gasteiger partial charge in [-0.2, -0.15) is 13.2 Å². The van der Waals surface area contributed by atoms with Gasteiger partial charge >= 0.3 is 12.2 Å². The van der Waals surface area contributed by atoms with E-state index in [2.05, 4.69) is 16.0 Å². The Morgan fingerprint density at radius 1 is 0.943 bits per heavy atom. The molecule has 11 heteroatoms. The van der Waals surface area contributed by atoms with Gasteiger partial charge < -0.3 is 16.0 Å². The Bertz CT molecular complexity index is 1180. The maximum atomic E-state index is 12.9. The summed E-state index contributed by atoms with van der Waals surface area (Å²) >= 11 is 0. The van der Waals surface area contributed by atoms with Crippen molar-refractivity contribution in [3.8, 4) is 0 Å². The quantitative estimate of drug-likeness (QED) is 0.550. The van der Waals surface area contributed by atoms with Gasteiger partial charge in [-0.1, -0.05) is 31.4 Å². The van der Waals surface area contributed by atoms with Crippen LogP contribution in [0.1, 0.15) is 48.0 Å². The van der Waals surface area contributed by atoms with Crippen LogP contribution in [0, 0.1) is 0 Å². The Hall–Kier alpha value is -3.89. The van der Waals surface area contributed by atoms with E-state index in [1.165, 1.54) is 36.4 Å². The first-order valence-corrected chi connectivity index (χ1v) is 11.1. The lowest BCUT2D eigenvalue weighted by Crippen LogP contribution is -2.48. The van der Waals surface area contributed by atoms with Crippen molar-refractivity contribution in [2.45, 2.75) is 43.8 Å². The summed E-state index contributed by atoms with van der Waals surface area (Å²) < 4.78 is 38.7. The Labute approximate surface area is 198 Å². The first-order chi connectivity index (χ1) is 16.6. The lowest BCUT2D eigenvalue weighted by molar-refractivity contribution is -0.137. The average Bonchev–Trinajstić information content (AvgIpc) is 3.03. The molecular formula is C24H23F3N4O4. The Morgan fingerprint density at radius 2 is 1.60 bits per heavy atom. The van der Waals surface area contributed by atoms with Gasteiger partial charge in [0, 0.05) is 16.9 Å². The van der Waals surface area contributed by atoms with E-state index in [0.717, 1.165) is 36.3 Å². The maximum absolute atomic E-state index is 12.9. The SMILES string of the molecule is O=C(CN1C(=O)NC2(CCCCC2)C1=O)Nc1cccc(C(=O)Nc2cccc(C(F)(F)F)c2)c1. The van der Waals surface area contributed by atoms with Crippen LogP contribution in [0.25, 0.3) is 0 Å². The number of nitrogens with zero attached hydrogens (tertiary/aromatic N) is 1. The van der Waals surface area contributed by atoms with Gasteiger partial charge in [0.25, 0.3) is 11.8 Å². The lowest BCUT2D eigenvalue weighted by Gasteiger charge is -2.30. The van der Waals surface area contributed by atoms with Crippen molar-refractivity contribution in [3.63, 3.8) is 0 Å². The summed E-state index contributed by atoms with van der Waals surface area (Å²) in [6, 6.07) is 9.39. The zero-order valence-electron chi connectivity index (χ0n) is 18.6. The summed E-state index contributed by atoms with van der Waals surface area (Å²) in [6.07, 6.45) is -0.835. The number of urea groups is 1. The van der Waals surface area contributed by atoms with Gasteiger partial charge in [0.15, 0.2) is 0 Å². The first-order valence-electron chi connectivity index (χ1n) is 11.1. The summed E-state index contributed by atoms with van der Waals surface area (Å²) in [5, 5.41) is 7.68. The molecule has 1 saturated carbocycles. The molecule has 2 aromatic carbocycles. The molecule has 184 valence electrons. The van der Waals surface area contributed by atoms with Crippen LogP contribution in [0.2, 0.25) is 0 Å². The molecule has 2 aromatic rings. The van der Waals surface area contributed by atoms with E-state index < -0.39 is 47.6 Å². The zero-order valence-corrected chi connectivity index (χ0v) is 18.6. The molecule has 35 heavy (non-hydrogen) atoms. The summed E-state index contributed by atoms with van der Waals surface area (Å²) in [7, 11) is 0. The van der Waals surface area contributed by atoms with E-state index in [9.17, 15) is 32.3 Å². The van der Waals surface area contributed by atoms with Crippen molar-refractivity contribution in [1.82, 2.24) is 10.2 Å². The van der Waals surface area contributed by atoms with Crippen molar-refractivity contribution in [1.29, 1.82) is 0 Å². The van der Waals surface area contributed by atoms with Crippen LogP contribution in [0.3, 0.4) is 0 Å². The number of carbonyl (C=O) groups is 4. The van der Waals surface area contributed by atoms with Gasteiger partial charge in [0.1, 0.15) is 12.1 Å². The molecule has 8 nitrogen and oxygen atoms in total.